The Morgan fingerprint density at radius 1 is 1.40 bits per heavy atom. The molecule has 0 fully saturated rings. The van der Waals surface area contributed by atoms with Crippen molar-refractivity contribution < 1.29 is 19.1 Å². The highest BCUT2D eigenvalue weighted by Gasteiger charge is 2.14. The van der Waals surface area contributed by atoms with Crippen LogP contribution in [-0.2, 0) is 20.9 Å². The first-order valence-corrected chi connectivity index (χ1v) is 6.24. The van der Waals surface area contributed by atoms with E-state index < -0.39 is 5.97 Å². The zero-order valence-corrected chi connectivity index (χ0v) is 11.6. The highest BCUT2D eigenvalue weighted by molar-refractivity contribution is 5.95. The molecular weight excluding hydrogens is 260 g/mol. The summed E-state index contributed by atoms with van der Waals surface area (Å²) in [4.78, 5) is 27.4. The molecule has 6 nitrogen and oxygen atoms in total. The van der Waals surface area contributed by atoms with Gasteiger partial charge in [0.05, 0.1) is 18.7 Å². The average molecular weight is 276 g/mol. The maximum atomic E-state index is 11.6. The molecule has 0 saturated carbocycles. The van der Waals surface area contributed by atoms with Gasteiger partial charge in [-0.1, -0.05) is 13.8 Å². The summed E-state index contributed by atoms with van der Waals surface area (Å²) in [5.74, 6) is -0.917. The third-order valence-electron chi connectivity index (χ3n) is 2.77. The smallest absolute Gasteiger partial charge is 0.341 e. The molecule has 0 bridgehead atoms. The first-order valence-electron chi connectivity index (χ1n) is 6.24. The summed E-state index contributed by atoms with van der Waals surface area (Å²) >= 11 is 0. The predicted molar refractivity (Wildman–Crippen MR) is 71.2 cm³/mol. The van der Waals surface area contributed by atoms with Gasteiger partial charge in [-0.15, -0.1) is 0 Å². The van der Waals surface area contributed by atoms with E-state index in [1.165, 1.54) is 7.11 Å². The summed E-state index contributed by atoms with van der Waals surface area (Å²) in [5.41, 5.74) is 1.43. The Balaban J connectivity index is 2.25. The Morgan fingerprint density at radius 3 is 2.80 bits per heavy atom. The minimum Gasteiger partial charge on any atom is -0.465 e. The number of carbonyl (C=O) groups excluding carboxylic acids is 2. The predicted octanol–water partition coefficient (Wildman–Crippen LogP) is 1.82. The van der Waals surface area contributed by atoms with Crippen molar-refractivity contribution in [2.75, 3.05) is 7.11 Å². The molecule has 0 amide bonds. The lowest BCUT2D eigenvalue weighted by molar-refractivity contribution is -0.148. The van der Waals surface area contributed by atoms with Crippen LogP contribution in [0.25, 0.3) is 5.65 Å². The maximum Gasteiger partial charge on any atom is 0.341 e. The zero-order valence-electron chi connectivity index (χ0n) is 11.6. The second-order valence-corrected chi connectivity index (χ2v) is 4.64. The van der Waals surface area contributed by atoms with Crippen molar-refractivity contribution in [3.05, 3.63) is 35.8 Å². The molecule has 2 aromatic rings. The van der Waals surface area contributed by atoms with Crippen molar-refractivity contribution in [1.29, 1.82) is 0 Å². The molecule has 0 aliphatic rings. The van der Waals surface area contributed by atoms with Gasteiger partial charge in [-0.3, -0.25) is 4.79 Å². The Bertz CT molecular complexity index is 646. The fourth-order valence-corrected chi connectivity index (χ4v) is 1.71. The van der Waals surface area contributed by atoms with Crippen molar-refractivity contribution in [1.82, 2.24) is 9.38 Å². The van der Waals surface area contributed by atoms with Crippen LogP contribution in [0.15, 0.2) is 24.5 Å². The number of ether oxygens (including phenoxy) is 2. The van der Waals surface area contributed by atoms with Gasteiger partial charge in [-0.25, -0.2) is 9.78 Å². The van der Waals surface area contributed by atoms with Crippen LogP contribution in [0.5, 0.6) is 0 Å². The summed E-state index contributed by atoms with van der Waals surface area (Å²) in [7, 11) is 1.32. The molecule has 2 rings (SSSR count). The van der Waals surface area contributed by atoms with E-state index in [-0.39, 0.29) is 18.5 Å². The van der Waals surface area contributed by atoms with Crippen LogP contribution in [-0.4, -0.2) is 28.4 Å². The van der Waals surface area contributed by atoms with Crippen LogP contribution in [0.1, 0.15) is 29.9 Å². The molecule has 106 valence electrons. The molecule has 6 heteroatoms. The van der Waals surface area contributed by atoms with Gasteiger partial charge >= 0.3 is 11.9 Å². The van der Waals surface area contributed by atoms with Crippen molar-refractivity contribution in [2.45, 2.75) is 20.5 Å². The molecule has 0 aliphatic carbocycles. The lowest BCUT2D eigenvalue weighted by Gasteiger charge is -2.04. The molecule has 2 heterocycles. The quantitative estimate of drug-likeness (QED) is 0.797. The van der Waals surface area contributed by atoms with E-state index in [2.05, 4.69) is 4.98 Å². The number of imidazole rings is 1. The van der Waals surface area contributed by atoms with E-state index in [1.807, 2.05) is 0 Å². The number of esters is 2. The van der Waals surface area contributed by atoms with Crippen molar-refractivity contribution in [3.63, 3.8) is 0 Å². The van der Waals surface area contributed by atoms with Crippen molar-refractivity contribution in [2.24, 2.45) is 5.92 Å². The third kappa shape index (κ3) is 2.79. The van der Waals surface area contributed by atoms with Gasteiger partial charge in [0.2, 0.25) is 0 Å². The number of pyridine rings is 1. The molecule has 2 aromatic heterocycles. The average Bonchev–Trinajstić information content (AvgIpc) is 2.86. The standard InChI is InChI=1S/C14H16N2O4/c1-9(2)13(17)20-8-10-7-16-6-4-5-11(12(16)15-10)14(18)19-3/h4-7,9H,8H2,1-3H3. The van der Waals surface area contributed by atoms with E-state index >= 15 is 0 Å². The molecule has 0 N–H and O–H groups in total. The Kier molecular flexibility index (Phi) is 4.02. The first-order chi connectivity index (χ1) is 9.52. The topological polar surface area (TPSA) is 69.9 Å². The van der Waals surface area contributed by atoms with Gasteiger partial charge < -0.3 is 13.9 Å². The van der Waals surface area contributed by atoms with E-state index in [1.54, 1.807) is 42.8 Å². The minimum absolute atomic E-state index is 0.0826. The molecule has 0 aliphatic heterocycles. The van der Waals surface area contributed by atoms with E-state index in [9.17, 15) is 9.59 Å². The van der Waals surface area contributed by atoms with Gasteiger partial charge in [-0.05, 0) is 12.1 Å². The van der Waals surface area contributed by atoms with E-state index in [0.717, 1.165) is 0 Å². The number of hydrogen-bond donors (Lipinski definition) is 0. The number of hydrogen-bond acceptors (Lipinski definition) is 5. The molecule has 0 spiro atoms. The van der Waals surface area contributed by atoms with Crippen molar-refractivity contribution in [3.8, 4) is 0 Å². The van der Waals surface area contributed by atoms with Crippen LogP contribution in [0.3, 0.4) is 0 Å². The Morgan fingerprint density at radius 2 is 2.15 bits per heavy atom. The second kappa shape index (κ2) is 5.73. The highest BCUT2D eigenvalue weighted by atomic mass is 16.5. The van der Waals surface area contributed by atoms with Gasteiger partial charge in [0.1, 0.15) is 12.2 Å². The second-order valence-electron chi connectivity index (χ2n) is 4.64. The van der Waals surface area contributed by atoms with Crippen LogP contribution < -0.4 is 0 Å². The zero-order chi connectivity index (χ0) is 14.7. The van der Waals surface area contributed by atoms with Gasteiger partial charge in [-0.2, -0.15) is 0 Å². The molecular formula is C14H16N2O4. The molecule has 20 heavy (non-hydrogen) atoms. The normalized spacial score (nSPS) is 10.8. The van der Waals surface area contributed by atoms with Gasteiger partial charge in [0, 0.05) is 12.4 Å². The van der Waals surface area contributed by atoms with Crippen LogP contribution in [0.4, 0.5) is 0 Å². The molecule has 0 aromatic carbocycles. The SMILES string of the molecule is COC(=O)c1cccn2cc(COC(=O)C(C)C)nc12. The third-order valence-corrected chi connectivity index (χ3v) is 2.77. The molecule has 0 unspecified atom stereocenters. The van der Waals surface area contributed by atoms with Crippen LogP contribution in [0.2, 0.25) is 0 Å². The lowest BCUT2D eigenvalue weighted by Crippen LogP contribution is -2.11. The van der Waals surface area contributed by atoms with E-state index in [4.69, 9.17) is 9.47 Å². The number of carbonyl (C=O) groups is 2. The summed E-state index contributed by atoms with van der Waals surface area (Å²) in [6.45, 7) is 3.61. The van der Waals surface area contributed by atoms with Gasteiger partial charge in [0.25, 0.3) is 0 Å². The Hall–Kier alpha value is -2.37. The monoisotopic (exact) mass is 276 g/mol. The number of rotatable bonds is 4. The maximum absolute atomic E-state index is 11.6. The molecule has 0 saturated heterocycles. The number of methoxy groups -OCH3 is 1. The summed E-state index contributed by atoms with van der Waals surface area (Å²) in [5, 5.41) is 0. The highest BCUT2D eigenvalue weighted by Crippen LogP contribution is 2.13. The first kappa shape index (κ1) is 14.0. The van der Waals surface area contributed by atoms with Crippen molar-refractivity contribution >= 4 is 17.6 Å². The minimum atomic E-state index is -0.452. The van der Waals surface area contributed by atoms with E-state index in [0.29, 0.717) is 16.9 Å². The molecule has 0 radical (unpaired) electrons. The summed E-state index contributed by atoms with van der Waals surface area (Å²) in [6.07, 6.45) is 3.48. The lowest BCUT2D eigenvalue weighted by atomic mass is 10.2. The van der Waals surface area contributed by atoms with Crippen LogP contribution >= 0.6 is 0 Å². The molecule has 0 atom stereocenters. The number of nitrogens with zero attached hydrogens (tertiary/aromatic N) is 2. The summed E-state index contributed by atoms with van der Waals surface area (Å²) in [6, 6.07) is 3.36. The fourth-order valence-electron chi connectivity index (χ4n) is 1.71. The summed E-state index contributed by atoms with van der Waals surface area (Å²) < 4.78 is 11.5. The van der Waals surface area contributed by atoms with Gasteiger partial charge in [0.15, 0.2) is 5.65 Å². The largest absolute Gasteiger partial charge is 0.465 e. The Labute approximate surface area is 116 Å². The fraction of sp³-hybridized carbons (Fsp3) is 0.357. The number of fused-ring (bicyclic) bond motifs is 1. The number of aromatic nitrogens is 2. The van der Waals surface area contributed by atoms with Crippen LogP contribution in [0, 0.1) is 5.92 Å².